The van der Waals surface area contributed by atoms with E-state index in [1.165, 1.54) is 6.07 Å². The maximum Gasteiger partial charge on any atom is 0.336 e. The van der Waals surface area contributed by atoms with Crippen molar-refractivity contribution in [1.82, 2.24) is 0 Å². The van der Waals surface area contributed by atoms with Gasteiger partial charge in [-0.2, -0.15) is 4.89 Å². The Bertz CT molecular complexity index is 758. The molecule has 0 saturated carbocycles. The third-order valence-electron chi connectivity index (χ3n) is 3.40. The van der Waals surface area contributed by atoms with Gasteiger partial charge in [-0.1, -0.05) is 6.58 Å². The van der Waals surface area contributed by atoms with Gasteiger partial charge in [0.2, 0.25) is 0 Å². The molecule has 0 bridgehead atoms. The van der Waals surface area contributed by atoms with Gasteiger partial charge in [0.05, 0.1) is 0 Å². The standard InChI is InChI=1S/C14H12O5/c1-7-4-13(15)17-11-6-12-10(5-9(7)11)8(2)14(3,18-12)19-16/h4-6,16H,2H2,1,3H3. The summed E-state index contributed by atoms with van der Waals surface area (Å²) in [5.74, 6) is -0.851. The minimum absolute atomic E-state index is 0.414. The van der Waals surface area contributed by atoms with E-state index >= 15 is 0 Å². The minimum Gasteiger partial charge on any atom is -0.455 e. The second-order valence-corrected chi connectivity index (χ2v) is 4.71. The topological polar surface area (TPSA) is 68.9 Å². The lowest BCUT2D eigenvalue weighted by atomic mass is 10.00. The van der Waals surface area contributed by atoms with Crippen molar-refractivity contribution in [3.8, 4) is 5.75 Å². The largest absolute Gasteiger partial charge is 0.455 e. The van der Waals surface area contributed by atoms with Crippen molar-refractivity contribution in [2.75, 3.05) is 0 Å². The number of hydrogen-bond acceptors (Lipinski definition) is 5. The third-order valence-corrected chi connectivity index (χ3v) is 3.40. The first kappa shape index (κ1) is 12.0. The van der Waals surface area contributed by atoms with E-state index in [9.17, 15) is 4.79 Å². The molecule has 1 aliphatic rings. The summed E-state index contributed by atoms with van der Waals surface area (Å²) in [6.07, 6.45) is 0. The zero-order valence-corrected chi connectivity index (χ0v) is 10.5. The Morgan fingerprint density at radius 3 is 2.79 bits per heavy atom. The summed E-state index contributed by atoms with van der Waals surface area (Å²) in [7, 11) is 0. The average molecular weight is 260 g/mol. The summed E-state index contributed by atoms with van der Waals surface area (Å²) in [5.41, 5.74) is 2.06. The molecule has 0 spiro atoms. The molecule has 2 aromatic rings. The minimum atomic E-state index is -1.31. The fraction of sp³-hybridized carbons (Fsp3) is 0.214. The molecule has 1 aromatic heterocycles. The van der Waals surface area contributed by atoms with Crippen LogP contribution in [0.15, 0.2) is 34.0 Å². The molecule has 3 rings (SSSR count). The van der Waals surface area contributed by atoms with Gasteiger partial charge < -0.3 is 9.15 Å². The van der Waals surface area contributed by atoms with Crippen LogP contribution in [0.3, 0.4) is 0 Å². The molecule has 0 radical (unpaired) electrons. The molecular formula is C14H12O5. The summed E-state index contributed by atoms with van der Waals surface area (Å²) < 4.78 is 10.6. The van der Waals surface area contributed by atoms with Crippen molar-refractivity contribution >= 4 is 16.5 Å². The Hall–Kier alpha value is -2.11. The first-order chi connectivity index (χ1) is 8.94. The molecule has 98 valence electrons. The van der Waals surface area contributed by atoms with Gasteiger partial charge in [-0.15, -0.1) is 0 Å². The van der Waals surface area contributed by atoms with E-state index < -0.39 is 11.4 Å². The molecule has 5 heteroatoms. The van der Waals surface area contributed by atoms with Gasteiger partial charge in [0.25, 0.3) is 5.79 Å². The highest BCUT2D eigenvalue weighted by atomic mass is 17.1. The van der Waals surface area contributed by atoms with E-state index in [2.05, 4.69) is 11.5 Å². The number of benzene rings is 1. The van der Waals surface area contributed by atoms with Crippen LogP contribution in [-0.2, 0) is 4.89 Å². The zero-order valence-electron chi connectivity index (χ0n) is 10.5. The van der Waals surface area contributed by atoms with Gasteiger partial charge >= 0.3 is 5.63 Å². The summed E-state index contributed by atoms with van der Waals surface area (Å²) in [5, 5.41) is 9.74. The number of rotatable bonds is 1. The maximum absolute atomic E-state index is 11.4. The van der Waals surface area contributed by atoms with Crippen LogP contribution < -0.4 is 10.4 Å². The lowest BCUT2D eigenvalue weighted by Crippen LogP contribution is -2.31. The fourth-order valence-corrected chi connectivity index (χ4v) is 2.26. The molecule has 19 heavy (non-hydrogen) atoms. The van der Waals surface area contributed by atoms with Gasteiger partial charge in [-0.05, 0) is 18.6 Å². The normalized spacial score (nSPS) is 21.5. The van der Waals surface area contributed by atoms with Gasteiger partial charge in [-0.25, -0.2) is 10.1 Å². The fourth-order valence-electron chi connectivity index (χ4n) is 2.26. The Labute approximate surface area is 108 Å². The molecule has 0 amide bonds. The van der Waals surface area contributed by atoms with E-state index in [0.29, 0.717) is 16.9 Å². The second-order valence-electron chi connectivity index (χ2n) is 4.71. The van der Waals surface area contributed by atoms with Crippen LogP contribution in [0, 0.1) is 6.92 Å². The molecule has 5 nitrogen and oxygen atoms in total. The van der Waals surface area contributed by atoms with Gasteiger partial charge in [0, 0.05) is 35.6 Å². The summed E-state index contributed by atoms with van der Waals surface area (Å²) >= 11 is 0. The number of hydrogen-bond donors (Lipinski definition) is 1. The van der Waals surface area contributed by atoms with Crippen molar-refractivity contribution in [3.63, 3.8) is 0 Å². The highest BCUT2D eigenvalue weighted by Crippen LogP contribution is 2.45. The molecular weight excluding hydrogens is 248 g/mol. The van der Waals surface area contributed by atoms with E-state index in [1.54, 1.807) is 13.0 Å². The molecule has 1 N–H and O–H groups in total. The highest BCUT2D eigenvalue weighted by Gasteiger charge is 2.41. The number of fused-ring (bicyclic) bond motifs is 2. The Morgan fingerprint density at radius 1 is 1.37 bits per heavy atom. The first-order valence-electron chi connectivity index (χ1n) is 5.74. The second kappa shape index (κ2) is 3.69. The number of aryl methyl sites for hydroxylation is 1. The molecule has 0 saturated heterocycles. The average Bonchev–Trinajstić information content (AvgIpc) is 2.60. The van der Waals surface area contributed by atoms with E-state index in [1.807, 2.05) is 13.0 Å². The van der Waals surface area contributed by atoms with Crippen LogP contribution in [0.1, 0.15) is 18.1 Å². The monoisotopic (exact) mass is 260 g/mol. The van der Waals surface area contributed by atoms with Crippen LogP contribution in [0.5, 0.6) is 5.75 Å². The van der Waals surface area contributed by atoms with Crippen LogP contribution in [0.2, 0.25) is 0 Å². The van der Waals surface area contributed by atoms with E-state index in [-0.39, 0.29) is 0 Å². The summed E-state index contributed by atoms with van der Waals surface area (Å²) in [6, 6.07) is 4.85. The van der Waals surface area contributed by atoms with Gasteiger partial charge in [0.15, 0.2) is 0 Å². The van der Waals surface area contributed by atoms with Gasteiger partial charge in [0.1, 0.15) is 11.3 Å². The van der Waals surface area contributed by atoms with Crippen LogP contribution in [0.25, 0.3) is 16.5 Å². The van der Waals surface area contributed by atoms with Crippen LogP contribution in [-0.4, -0.2) is 11.0 Å². The van der Waals surface area contributed by atoms with Crippen molar-refractivity contribution in [2.24, 2.45) is 0 Å². The molecule has 1 unspecified atom stereocenters. The number of ether oxygens (including phenoxy) is 1. The first-order valence-corrected chi connectivity index (χ1v) is 5.74. The molecule has 1 aromatic carbocycles. The molecule has 0 aliphatic carbocycles. The SMILES string of the molecule is C=C1c2cc3c(C)cc(=O)oc3cc2OC1(C)OO. The van der Waals surface area contributed by atoms with Crippen molar-refractivity contribution in [1.29, 1.82) is 0 Å². The van der Waals surface area contributed by atoms with E-state index in [0.717, 1.165) is 16.5 Å². The highest BCUT2D eigenvalue weighted by molar-refractivity contribution is 5.90. The van der Waals surface area contributed by atoms with Crippen molar-refractivity contribution in [3.05, 3.63) is 46.3 Å². The Kier molecular flexibility index (Phi) is 2.32. The van der Waals surface area contributed by atoms with Crippen LogP contribution >= 0.6 is 0 Å². The predicted molar refractivity (Wildman–Crippen MR) is 69.0 cm³/mol. The Morgan fingerprint density at radius 2 is 2.11 bits per heavy atom. The Balaban J connectivity index is 2.31. The maximum atomic E-state index is 11.4. The van der Waals surface area contributed by atoms with Crippen molar-refractivity contribution < 1.29 is 19.3 Å². The third kappa shape index (κ3) is 1.59. The van der Waals surface area contributed by atoms with Crippen LogP contribution in [0.4, 0.5) is 0 Å². The molecule has 1 aliphatic heterocycles. The van der Waals surface area contributed by atoms with Gasteiger partial charge in [-0.3, -0.25) is 0 Å². The lowest BCUT2D eigenvalue weighted by Gasteiger charge is -2.20. The smallest absolute Gasteiger partial charge is 0.336 e. The zero-order chi connectivity index (χ0) is 13.8. The quantitative estimate of drug-likeness (QED) is 0.485. The molecule has 1 atom stereocenters. The van der Waals surface area contributed by atoms with E-state index in [4.69, 9.17) is 14.4 Å². The summed E-state index contributed by atoms with van der Waals surface area (Å²) in [4.78, 5) is 15.7. The lowest BCUT2D eigenvalue weighted by molar-refractivity contribution is -0.347. The van der Waals surface area contributed by atoms with Crippen molar-refractivity contribution in [2.45, 2.75) is 19.6 Å². The molecule has 0 fully saturated rings. The summed E-state index contributed by atoms with van der Waals surface area (Å²) in [6.45, 7) is 7.26. The molecule has 2 heterocycles. The predicted octanol–water partition coefficient (Wildman–Crippen LogP) is 2.71.